The van der Waals surface area contributed by atoms with Gasteiger partial charge in [0.25, 0.3) is 0 Å². The summed E-state index contributed by atoms with van der Waals surface area (Å²) in [6, 6.07) is 16.8. The van der Waals surface area contributed by atoms with Crippen LogP contribution < -0.4 is 5.32 Å². The molecule has 33 heavy (non-hydrogen) atoms. The molecule has 2 aromatic carbocycles. The first kappa shape index (κ1) is 23.4. The quantitative estimate of drug-likeness (QED) is 0.429. The molecule has 1 amide bonds. The smallest absolute Gasteiger partial charge is 0.233 e. The molecule has 3 aromatic rings. The summed E-state index contributed by atoms with van der Waals surface area (Å²) < 4.78 is 0. The number of aryl methyl sites for hydroxylation is 2. The minimum Gasteiger partial charge on any atom is -0.352 e. The largest absolute Gasteiger partial charge is 0.352 e. The molecule has 6 heteroatoms. The van der Waals surface area contributed by atoms with Crippen molar-refractivity contribution in [3.05, 3.63) is 59.7 Å². The Morgan fingerprint density at radius 1 is 0.909 bits per heavy atom. The summed E-state index contributed by atoms with van der Waals surface area (Å²) in [5, 5.41) is 12.5. The summed E-state index contributed by atoms with van der Waals surface area (Å²) >= 11 is 1.41. The van der Waals surface area contributed by atoms with Gasteiger partial charge in [0.15, 0.2) is 0 Å². The Morgan fingerprint density at radius 2 is 1.48 bits per heavy atom. The normalized spacial score (nSPS) is 15.2. The number of nitrogens with zero attached hydrogens (tertiary/aromatic N) is 3. The van der Waals surface area contributed by atoms with Gasteiger partial charge in [0.2, 0.25) is 11.1 Å². The maximum Gasteiger partial charge on any atom is 0.233 e. The standard InChI is InChI=1S/C27H32N4OS/c1-4-23(26(32)28-22-8-6-5-7-9-22)33-27-29-24(20-14-10-18(2)11-15-20)25(30-31-27)21-16-12-19(3)13-17-21/h10-17,22-23H,4-9H2,1-3H3,(H,28,32)/t23-/m1/s1. The number of carbonyl (C=O) groups excluding carboxylic acids is 1. The minimum atomic E-state index is -0.232. The molecule has 1 saturated carbocycles. The molecule has 1 atom stereocenters. The zero-order chi connectivity index (χ0) is 23.2. The Bertz CT molecular complexity index is 1080. The van der Waals surface area contributed by atoms with Gasteiger partial charge in [-0.1, -0.05) is 97.6 Å². The van der Waals surface area contributed by atoms with Crippen LogP contribution in [-0.2, 0) is 4.79 Å². The van der Waals surface area contributed by atoms with E-state index in [-0.39, 0.29) is 11.2 Å². The van der Waals surface area contributed by atoms with Crippen LogP contribution in [0.1, 0.15) is 56.6 Å². The lowest BCUT2D eigenvalue weighted by atomic mass is 9.95. The molecule has 0 bridgehead atoms. The van der Waals surface area contributed by atoms with E-state index in [9.17, 15) is 4.79 Å². The van der Waals surface area contributed by atoms with Crippen molar-refractivity contribution in [2.75, 3.05) is 0 Å². The molecular formula is C27H32N4OS. The van der Waals surface area contributed by atoms with Gasteiger partial charge in [-0.05, 0) is 33.1 Å². The first-order valence-electron chi connectivity index (χ1n) is 11.9. The molecule has 1 heterocycles. The van der Waals surface area contributed by atoms with Crippen LogP contribution in [0.2, 0.25) is 0 Å². The van der Waals surface area contributed by atoms with E-state index in [0.717, 1.165) is 35.4 Å². The van der Waals surface area contributed by atoms with Crippen LogP contribution in [0.3, 0.4) is 0 Å². The summed E-state index contributed by atoms with van der Waals surface area (Å²) in [4.78, 5) is 17.8. The third-order valence-corrected chi connectivity index (χ3v) is 7.40. The van der Waals surface area contributed by atoms with Gasteiger partial charge >= 0.3 is 0 Å². The van der Waals surface area contributed by atoms with Crippen molar-refractivity contribution in [2.45, 2.75) is 75.7 Å². The van der Waals surface area contributed by atoms with Gasteiger partial charge in [-0.25, -0.2) is 4.98 Å². The molecule has 5 nitrogen and oxygen atoms in total. The van der Waals surface area contributed by atoms with Crippen molar-refractivity contribution >= 4 is 17.7 Å². The number of hydrogen-bond acceptors (Lipinski definition) is 5. The highest BCUT2D eigenvalue weighted by molar-refractivity contribution is 8.00. The Hall–Kier alpha value is -2.73. The number of thioether (sulfide) groups is 1. The van der Waals surface area contributed by atoms with E-state index in [4.69, 9.17) is 4.98 Å². The predicted octanol–water partition coefficient (Wildman–Crippen LogP) is 6.14. The summed E-state index contributed by atoms with van der Waals surface area (Å²) in [5.74, 6) is 0.0810. The zero-order valence-electron chi connectivity index (χ0n) is 19.7. The number of amides is 1. The number of nitrogens with one attached hydrogen (secondary N) is 1. The number of carbonyl (C=O) groups is 1. The van der Waals surface area contributed by atoms with Crippen LogP contribution in [0.5, 0.6) is 0 Å². The van der Waals surface area contributed by atoms with E-state index in [1.54, 1.807) is 0 Å². The van der Waals surface area contributed by atoms with Crippen molar-refractivity contribution < 1.29 is 4.79 Å². The van der Waals surface area contributed by atoms with Crippen molar-refractivity contribution in [1.29, 1.82) is 0 Å². The Labute approximate surface area is 200 Å². The van der Waals surface area contributed by atoms with Gasteiger partial charge in [-0.3, -0.25) is 4.79 Å². The number of rotatable bonds is 7. The Morgan fingerprint density at radius 3 is 2.06 bits per heavy atom. The molecule has 1 aromatic heterocycles. The van der Waals surface area contributed by atoms with Crippen molar-refractivity contribution in [3.8, 4) is 22.5 Å². The zero-order valence-corrected chi connectivity index (χ0v) is 20.5. The summed E-state index contributed by atoms with van der Waals surface area (Å²) in [6.07, 6.45) is 6.53. The number of aromatic nitrogens is 3. The summed E-state index contributed by atoms with van der Waals surface area (Å²) in [5.41, 5.74) is 5.90. The fourth-order valence-corrected chi connectivity index (χ4v) is 5.00. The highest BCUT2D eigenvalue weighted by Gasteiger charge is 2.24. The monoisotopic (exact) mass is 460 g/mol. The van der Waals surface area contributed by atoms with Gasteiger partial charge in [-0.2, -0.15) is 0 Å². The van der Waals surface area contributed by atoms with E-state index in [1.165, 1.54) is 42.2 Å². The fourth-order valence-electron chi connectivity index (χ4n) is 4.17. The summed E-state index contributed by atoms with van der Waals surface area (Å²) in [6.45, 7) is 6.17. The second kappa shape index (κ2) is 10.9. The van der Waals surface area contributed by atoms with E-state index in [1.807, 2.05) is 6.92 Å². The molecule has 1 fully saturated rings. The van der Waals surface area contributed by atoms with Gasteiger partial charge in [-0.15, -0.1) is 10.2 Å². The third-order valence-electron chi connectivity index (χ3n) is 6.18. The molecule has 1 aliphatic rings. The van der Waals surface area contributed by atoms with Crippen LogP contribution in [0, 0.1) is 13.8 Å². The second-order valence-corrected chi connectivity index (χ2v) is 10.1. The van der Waals surface area contributed by atoms with Crippen LogP contribution in [0.4, 0.5) is 0 Å². The van der Waals surface area contributed by atoms with E-state index in [2.05, 4.69) is 77.9 Å². The Balaban J connectivity index is 1.61. The highest BCUT2D eigenvalue weighted by atomic mass is 32.2. The molecule has 0 spiro atoms. The first-order valence-corrected chi connectivity index (χ1v) is 12.8. The van der Waals surface area contributed by atoms with Crippen LogP contribution in [0.25, 0.3) is 22.5 Å². The highest BCUT2D eigenvalue weighted by Crippen LogP contribution is 2.32. The van der Waals surface area contributed by atoms with Crippen LogP contribution >= 0.6 is 11.8 Å². The van der Waals surface area contributed by atoms with E-state index in [0.29, 0.717) is 17.6 Å². The number of benzene rings is 2. The predicted molar refractivity (Wildman–Crippen MR) is 135 cm³/mol. The molecule has 0 radical (unpaired) electrons. The van der Waals surface area contributed by atoms with Crippen molar-refractivity contribution in [3.63, 3.8) is 0 Å². The van der Waals surface area contributed by atoms with E-state index >= 15 is 0 Å². The Kier molecular flexibility index (Phi) is 7.76. The maximum atomic E-state index is 13.0. The van der Waals surface area contributed by atoms with Crippen molar-refractivity contribution in [1.82, 2.24) is 20.5 Å². The van der Waals surface area contributed by atoms with Crippen LogP contribution in [-0.4, -0.2) is 32.4 Å². The topological polar surface area (TPSA) is 67.8 Å². The van der Waals surface area contributed by atoms with Gasteiger partial charge < -0.3 is 5.32 Å². The lowest BCUT2D eigenvalue weighted by Crippen LogP contribution is -2.41. The SMILES string of the molecule is CC[C@@H](Sc1nnc(-c2ccc(C)cc2)c(-c2ccc(C)cc2)n1)C(=O)NC1CCCCC1. The minimum absolute atomic E-state index is 0.0810. The molecule has 0 aliphatic heterocycles. The van der Waals surface area contributed by atoms with E-state index < -0.39 is 0 Å². The molecular weight excluding hydrogens is 428 g/mol. The fraction of sp³-hybridized carbons (Fsp3) is 0.407. The molecule has 172 valence electrons. The van der Waals surface area contributed by atoms with Gasteiger partial charge in [0.1, 0.15) is 11.4 Å². The molecule has 4 rings (SSSR count). The molecule has 1 N–H and O–H groups in total. The lowest BCUT2D eigenvalue weighted by Gasteiger charge is -2.24. The van der Waals surface area contributed by atoms with Crippen molar-refractivity contribution in [2.24, 2.45) is 0 Å². The third kappa shape index (κ3) is 5.99. The first-order chi connectivity index (χ1) is 16.0. The maximum absolute atomic E-state index is 13.0. The number of hydrogen-bond donors (Lipinski definition) is 1. The average molecular weight is 461 g/mol. The molecule has 0 unspecified atom stereocenters. The molecule has 1 aliphatic carbocycles. The van der Waals surface area contributed by atoms with Crippen LogP contribution in [0.15, 0.2) is 53.7 Å². The van der Waals surface area contributed by atoms with Gasteiger partial charge in [0, 0.05) is 17.2 Å². The average Bonchev–Trinajstić information content (AvgIpc) is 2.84. The van der Waals surface area contributed by atoms with Gasteiger partial charge in [0.05, 0.1) is 5.25 Å². The second-order valence-electron chi connectivity index (χ2n) is 8.88. The summed E-state index contributed by atoms with van der Waals surface area (Å²) in [7, 11) is 0. The molecule has 0 saturated heterocycles. The lowest BCUT2D eigenvalue weighted by molar-refractivity contribution is -0.121.